The van der Waals surface area contributed by atoms with Gasteiger partial charge in [0, 0.05) is 23.7 Å². The lowest BCUT2D eigenvalue weighted by Gasteiger charge is -2.69. The molecule has 3 fully saturated rings. The van der Waals surface area contributed by atoms with Gasteiger partial charge in [-0.1, -0.05) is 29.6 Å². The largest absolute Gasteiger partial charge is 0.380 e. The number of anilines is 1. The second-order valence-electron chi connectivity index (χ2n) is 9.51. The van der Waals surface area contributed by atoms with E-state index in [4.69, 9.17) is 11.6 Å². The molecule has 4 aliphatic rings. The molecule has 10 heteroatoms. The maximum absolute atomic E-state index is 12.9. The number of nitrogens with one attached hydrogen (secondary N) is 2. The maximum atomic E-state index is 12.9. The molecule has 2 bridgehead atoms. The number of pyridine rings is 1. The van der Waals surface area contributed by atoms with Crippen molar-refractivity contribution in [2.24, 2.45) is 5.41 Å². The number of carbonyl (C=O) groups is 1. The first-order chi connectivity index (χ1) is 16.1. The molecule has 5 nitrogen and oxygen atoms in total. The highest BCUT2D eigenvalue weighted by atomic mass is 35.5. The van der Waals surface area contributed by atoms with Gasteiger partial charge in [-0.15, -0.1) is 0 Å². The number of aromatic nitrogens is 1. The summed E-state index contributed by atoms with van der Waals surface area (Å²) < 4.78 is 32.5. The van der Waals surface area contributed by atoms with Gasteiger partial charge in [0.1, 0.15) is 0 Å². The molecule has 0 radical (unpaired) electrons. The smallest absolute Gasteiger partial charge is 0.379 e. The van der Waals surface area contributed by atoms with E-state index in [0.717, 1.165) is 48.5 Å². The fraction of sp³-hybridized carbons (Fsp3) is 0.500. The van der Waals surface area contributed by atoms with Gasteiger partial charge in [-0.3, -0.25) is 14.5 Å². The number of amides is 1. The van der Waals surface area contributed by atoms with Crippen molar-refractivity contribution in [3.63, 3.8) is 0 Å². The maximum Gasteiger partial charge on any atom is 0.379 e. The predicted octanol–water partition coefficient (Wildman–Crippen LogP) is 5.24. The van der Waals surface area contributed by atoms with Crippen LogP contribution in [0.15, 0.2) is 36.5 Å². The second-order valence-corrected chi connectivity index (χ2v) is 10.6. The number of nitrogens with zero attached hydrogens (tertiary/aromatic N) is 2. The summed E-state index contributed by atoms with van der Waals surface area (Å²) in [6.07, 6.45) is 8.80. The first kappa shape index (κ1) is 25.1. The summed E-state index contributed by atoms with van der Waals surface area (Å²) in [5.41, 5.74) is 4.71. The van der Waals surface area contributed by atoms with Crippen molar-refractivity contribution >= 4 is 35.1 Å². The Morgan fingerprint density at radius 3 is 2.50 bits per heavy atom. The normalized spacial score (nSPS) is 26.0. The van der Waals surface area contributed by atoms with Gasteiger partial charge in [-0.25, -0.2) is 0 Å². The van der Waals surface area contributed by atoms with Gasteiger partial charge in [-0.05, 0) is 73.8 Å². The summed E-state index contributed by atoms with van der Waals surface area (Å²) in [5.74, 6) is 0.263. The molecule has 184 valence electrons. The van der Waals surface area contributed by atoms with Gasteiger partial charge in [-0.2, -0.15) is 13.2 Å². The Hall–Kier alpha value is -1.97. The molecule has 1 aromatic carbocycles. The molecule has 1 unspecified atom stereocenters. The Labute approximate surface area is 207 Å². The number of fused-ring (bicyclic) bond motifs is 1. The highest BCUT2D eigenvalue weighted by Crippen LogP contribution is 2.68. The van der Waals surface area contributed by atoms with E-state index < -0.39 is 6.68 Å². The topological polar surface area (TPSA) is 57.3 Å². The number of benzene rings is 1. The van der Waals surface area contributed by atoms with Crippen molar-refractivity contribution < 1.29 is 18.0 Å². The minimum atomic E-state index is -3.67. The minimum Gasteiger partial charge on any atom is -0.380 e. The van der Waals surface area contributed by atoms with Crippen LogP contribution in [-0.2, 0) is 24.2 Å². The quantitative estimate of drug-likeness (QED) is 0.497. The molecule has 1 atom stereocenters. The molecule has 1 amide bonds. The predicted molar refractivity (Wildman–Crippen MR) is 130 cm³/mol. The number of rotatable bonds is 7. The van der Waals surface area contributed by atoms with Gasteiger partial charge < -0.3 is 10.2 Å². The summed E-state index contributed by atoms with van der Waals surface area (Å²) in [7, 11) is 1.89. The fourth-order valence-corrected chi connectivity index (χ4v) is 6.43. The third kappa shape index (κ3) is 5.31. The number of halogens is 4. The van der Waals surface area contributed by atoms with E-state index >= 15 is 0 Å². The van der Waals surface area contributed by atoms with Crippen molar-refractivity contribution in [3.8, 4) is 0 Å². The Balaban J connectivity index is 0.000000636. The van der Waals surface area contributed by atoms with Crippen LogP contribution < -0.4 is 10.0 Å². The molecule has 1 heterocycles. The van der Waals surface area contributed by atoms with Crippen LogP contribution in [0.1, 0.15) is 36.1 Å². The first-order valence-electron chi connectivity index (χ1n) is 11.1. The lowest BCUT2D eigenvalue weighted by atomic mass is 9.39. The van der Waals surface area contributed by atoms with Gasteiger partial charge in [0.2, 0.25) is 5.91 Å². The molecular formula is C24H28ClF3N4OS. The van der Waals surface area contributed by atoms with Crippen LogP contribution >= 0.6 is 23.5 Å². The Kier molecular flexibility index (Phi) is 7.36. The summed E-state index contributed by atoms with van der Waals surface area (Å²) in [5, 5.41) is 4.38. The number of alkyl halides is 3. The van der Waals surface area contributed by atoms with Crippen LogP contribution in [0.25, 0.3) is 0 Å². The standard InChI is InChI=1S/C23H27ClN4OS.CHF3/c1-28(21(29)22-12-23(13-22,14-22)27-30-2)11-19-6-5-18(10-25-19)26-20-8-15-3-4-17(24)7-16(15)9-20;2-1(3)4/h3-7,10,20,26-27H,8-9,11-14H2,1-2H3;1H. The van der Waals surface area contributed by atoms with E-state index in [0.29, 0.717) is 12.6 Å². The summed E-state index contributed by atoms with van der Waals surface area (Å²) in [4.78, 5) is 19.3. The highest BCUT2D eigenvalue weighted by Gasteiger charge is 2.71. The average Bonchev–Trinajstić information content (AvgIpc) is 3.11. The van der Waals surface area contributed by atoms with Crippen LogP contribution in [0.4, 0.5) is 18.9 Å². The van der Waals surface area contributed by atoms with E-state index in [1.54, 1.807) is 11.9 Å². The molecule has 1 aromatic heterocycles. The summed E-state index contributed by atoms with van der Waals surface area (Å²) >= 11 is 7.77. The van der Waals surface area contributed by atoms with Crippen LogP contribution in [0, 0.1) is 5.41 Å². The third-order valence-electron chi connectivity index (χ3n) is 6.84. The molecule has 3 saturated carbocycles. The zero-order chi connectivity index (χ0) is 24.5. The highest BCUT2D eigenvalue weighted by molar-refractivity contribution is 7.96. The van der Waals surface area contributed by atoms with Crippen molar-refractivity contribution in [3.05, 3.63) is 58.4 Å². The Morgan fingerprint density at radius 1 is 1.21 bits per heavy atom. The Morgan fingerprint density at radius 2 is 1.88 bits per heavy atom. The zero-order valence-electron chi connectivity index (χ0n) is 19.1. The van der Waals surface area contributed by atoms with Crippen LogP contribution in [0.3, 0.4) is 0 Å². The van der Waals surface area contributed by atoms with Gasteiger partial charge in [0.05, 0.1) is 29.5 Å². The van der Waals surface area contributed by atoms with Crippen molar-refractivity contribution in [1.29, 1.82) is 0 Å². The molecule has 34 heavy (non-hydrogen) atoms. The second kappa shape index (κ2) is 9.95. The molecule has 0 saturated heterocycles. The van der Waals surface area contributed by atoms with Gasteiger partial charge >= 0.3 is 6.68 Å². The molecular weight excluding hydrogens is 485 g/mol. The van der Waals surface area contributed by atoms with E-state index in [1.807, 2.05) is 36.5 Å². The molecule has 4 aliphatic carbocycles. The van der Waals surface area contributed by atoms with Crippen molar-refractivity contribution in [2.75, 3.05) is 18.6 Å². The van der Waals surface area contributed by atoms with Crippen molar-refractivity contribution in [1.82, 2.24) is 14.6 Å². The van der Waals surface area contributed by atoms with Gasteiger partial charge in [0.15, 0.2) is 0 Å². The van der Waals surface area contributed by atoms with Gasteiger partial charge in [0.25, 0.3) is 0 Å². The molecule has 6 rings (SSSR count). The third-order valence-corrected chi connectivity index (χ3v) is 7.72. The minimum absolute atomic E-state index is 0.126. The first-order valence-corrected chi connectivity index (χ1v) is 12.7. The van der Waals surface area contributed by atoms with E-state index in [2.05, 4.69) is 33.2 Å². The molecule has 2 aromatic rings. The van der Waals surface area contributed by atoms with Crippen molar-refractivity contribution in [2.45, 2.75) is 56.9 Å². The molecule has 0 aliphatic heterocycles. The monoisotopic (exact) mass is 512 g/mol. The van der Waals surface area contributed by atoms with Crippen LogP contribution in [-0.4, -0.2) is 47.4 Å². The summed E-state index contributed by atoms with van der Waals surface area (Å²) in [6, 6.07) is 10.6. The Bertz CT molecular complexity index is 1020. The van der Waals surface area contributed by atoms with Crippen LogP contribution in [0.2, 0.25) is 5.02 Å². The van der Waals surface area contributed by atoms with Crippen LogP contribution in [0.5, 0.6) is 0 Å². The lowest BCUT2D eigenvalue weighted by Crippen LogP contribution is -2.76. The number of hydrogen-bond donors (Lipinski definition) is 2. The molecule has 0 spiro atoms. The SMILES string of the molecule is CSNC12CC(C(=O)N(C)Cc3ccc(NC4Cc5ccc(Cl)cc5C4)cn3)(C1)C2.FC(F)F. The number of hydrogen-bond acceptors (Lipinski definition) is 5. The average molecular weight is 513 g/mol. The molecule has 2 N–H and O–H groups in total. The summed E-state index contributed by atoms with van der Waals surface area (Å²) in [6.45, 7) is -3.11. The lowest BCUT2D eigenvalue weighted by molar-refractivity contribution is -0.186. The number of carbonyl (C=O) groups excluding carboxylic acids is 1. The fourth-order valence-electron chi connectivity index (χ4n) is 5.59. The van der Waals surface area contributed by atoms with E-state index in [-0.39, 0.29) is 16.9 Å². The zero-order valence-corrected chi connectivity index (χ0v) is 20.7. The van der Waals surface area contributed by atoms with E-state index in [9.17, 15) is 18.0 Å². The van der Waals surface area contributed by atoms with E-state index in [1.165, 1.54) is 11.1 Å².